The second-order valence-electron chi connectivity index (χ2n) is 21.4. The van der Waals surface area contributed by atoms with E-state index in [-0.39, 0.29) is 30.5 Å². The molecule has 0 aromatic heterocycles. The van der Waals surface area contributed by atoms with Crippen molar-refractivity contribution < 1.29 is 28.4 Å². The normalized spacial score (nSPS) is 12.8. The van der Waals surface area contributed by atoms with Crippen molar-refractivity contribution in [3.8, 4) is 338 Å². The molecule has 548 valence electrons. The van der Waals surface area contributed by atoms with Gasteiger partial charge in [-0.3, -0.25) is 0 Å². The molecular formula is C112H64O6. The molecule has 3 fully saturated rings. The van der Waals surface area contributed by atoms with Crippen LogP contribution in [0.1, 0.15) is 44.5 Å². The Morgan fingerprint density at radius 2 is 0.551 bits per heavy atom. The number of fused-ring (bicyclic) bond motifs is 2. The molecule has 0 bridgehead atoms. The van der Waals surface area contributed by atoms with E-state index in [1.54, 1.807) is 0 Å². The highest BCUT2D eigenvalue weighted by Crippen LogP contribution is 2.18. The van der Waals surface area contributed by atoms with Gasteiger partial charge >= 0.3 is 0 Å². The summed E-state index contributed by atoms with van der Waals surface area (Å²) in [7, 11) is 0. The van der Waals surface area contributed by atoms with Gasteiger partial charge in [-0.05, 0) is 290 Å². The van der Waals surface area contributed by atoms with Crippen LogP contribution in [0.3, 0.4) is 0 Å². The summed E-state index contributed by atoms with van der Waals surface area (Å²) in [6.45, 7) is 3.26. The molecule has 0 spiro atoms. The lowest BCUT2D eigenvalue weighted by Gasteiger charge is -2.23. The topological polar surface area (TPSA) is 55.4 Å². The van der Waals surface area contributed by atoms with Gasteiger partial charge in [-0.1, -0.05) is 180 Å². The SMILES string of the molecule is C#CC#CC#CC1COC(C#C)CO1.C#CC#CC#CC1COCCO1.C#CC#CC#Cc1cccc2ccccc12.C#CC#CC#Cc1ccccc1.C#CC#CC1COC(C#CC#C)CO1.C#CC#Cc1ccc(C#C)cc1.C#CC#Cc1ccc(C#CC#C)cc1.C#CC#Cc1ccc2ccccc2c1.C#CC#Cc1ccccc1. The quantitative estimate of drug-likeness (QED) is 0.141. The molecular weight excluding hydrogens is 1440 g/mol. The summed E-state index contributed by atoms with van der Waals surface area (Å²) < 4.78 is 31.6. The third-order valence-corrected chi connectivity index (χ3v) is 13.5. The Morgan fingerprint density at radius 1 is 0.220 bits per heavy atom. The van der Waals surface area contributed by atoms with Crippen LogP contribution in [-0.2, 0) is 28.4 Å². The lowest BCUT2D eigenvalue weighted by molar-refractivity contribution is -0.0907. The molecule has 8 aromatic rings. The fourth-order valence-electron chi connectivity index (χ4n) is 8.35. The molecule has 0 saturated carbocycles. The van der Waals surface area contributed by atoms with Gasteiger partial charge in [0, 0.05) is 44.5 Å². The van der Waals surface area contributed by atoms with Gasteiger partial charge < -0.3 is 28.4 Å². The molecule has 0 amide bonds. The van der Waals surface area contributed by atoms with E-state index in [0.29, 0.717) is 46.2 Å². The van der Waals surface area contributed by atoms with Crippen LogP contribution in [0.5, 0.6) is 0 Å². The molecule has 3 saturated heterocycles. The number of terminal acetylenes is 13. The Kier molecular flexibility index (Phi) is 51.5. The zero-order valence-electron chi connectivity index (χ0n) is 63.8. The number of ether oxygens (including phenoxy) is 6. The van der Waals surface area contributed by atoms with Gasteiger partial charge in [0.2, 0.25) is 0 Å². The minimum atomic E-state index is -0.259. The molecule has 5 atom stereocenters. The van der Waals surface area contributed by atoms with Crippen LogP contribution in [0, 0.1) is 338 Å². The van der Waals surface area contributed by atoms with E-state index in [0.717, 1.165) is 49.9 Å². The molecule has 0 aliphatic carbocycles. The van der Waals surface area contributed by atoms with Crippen molar-refractivity contribution in [3.05, 3.63) is 239 Å². The first-order valence-corrected chi connectivity index (χ1v) is 34.5. The first-order valence-electron chi connectivity index (χ1n) is 34.5. The van der Waals surface area contributed by atoms with Crippen LogP contribution in [0.2, 0.25) is 0 Å². The van der Waals surface area contributed by atoms with Gasteiger partial charge in [-0.2, -0.15) is 0 Å². The summed E-state index contributed by atoms with van der Waals surface area (Å²) >= 11 is 0. The van der Waals surface area contributed by atoms with E-state index >= 15 is 0 Å². The molecule has 6 nitrogen and oxygen atoms in total. The highest BCUT2D eigenvalue weighted by atomic mass is 16.6. The van der Waals surface area contributed by atoms with Gasteiger partial charge in [-0.25, -0.2) is 0 Å². The maximum Gasteiger partial charge on any atom is 0.142 e. The van der Waals surface area contributed by atoms with E-state index in [9.17, 15) is 0 Å². The summed E-state index contributed by atoms with van der Waals surface area (Å²) in [4.78, 5) is 0. The van der Waals surface area contributed by atoms with Crippen LogP contribution >= 0.6 is 0 Å². The fraction of sp³-hybridized carbons (Fsp3) is 0.107. The number of hydrogen-bond acceptors (Lipinski definition) is 6. The first kappa shape index (κ1) is 93.9. The van der Waals surface area contributed by atoms with Crippen LogP contribution in [0.15, 0.2) is 194 Å². The van der Waals surface area contributed by atoms with E-state index in [4.69, 9.17) is 112 Å². The van der Waals surface area contributed by atoms with Crippen molar-refractivity contribution in [1.82, 2.24) is 0 Å². The second-order valence-corrected chi connectivity index (χ2v) is 21.4. The van der Waals surface area contributed by atoms with E-state index < -0.39 is 0 Å². The van der Waals surface area contributed by atoms with E-state index in [1.165, 1.54) is 16.2 Å². The average Bonchev–Trinajstić information content (AvgIpc) is 0.838. The van der Waals surface area contributed by atoms with E-state index in [2.05, 4.69) is 285 Å². The Bertz CT molecular complexity index is 6290. The van der Waals surface area contributed by atoms with Crippen molar-refractivity contribution >= 4 is 21.5 Å². The molecule has 3 aliphatic rings. The van der Waals surface area contributed by atoms with Gasteiger partial charge in [0.05, 0.1) is 46.2 Å². The smallest absolute Gasteiger partial charge is 0.142 e. The number of benzene rings is 8. The Balaban J connectivity index is 0.000000344. The molecule has 0 radical (unpaired) electrons. The zero-order chi connectivity index (χ0) is 85.0. The van der Waals surface area contributed by atoms with Gasteiger partial charge in [-0.15, -0.1) is 83.5 Å². The standard InChI is InChI=1S/C16H8.C14H8.C14H6.2C12H8O2.2C12H6.C10H8O2.C10H6/c1-2-3-4-5-9-14-11-8-12-15-10-6-7-13-16(14)15;1-2-3-6-12-9-10-13-7-4-5-8-14(13)11-12;1-3-5-7-13-9-11-14(12-10-13)8-6-4-2;1-3-5-6-7-8-12-10-13-11(4-2)9-14-12;1-3-5-7-11-9-14-12(10-13-11)8-6-4-2;1-3-5-6-12-9-7-11(4-2)8-10-12;1-2-3-4-6-9-12-10-7-5-8-11-12;1-2-3-4-5-6-10-9-11-7-8-12-10;1-2-3-7-10-8-5-4-6-9-10/h1,6-8,10-13H;1,4-5,7-11H;1-2,9-12H;2*1-2,11-12H,9-10H2;1-2,7-10H;1,5,7-8,10-11H;1,10H,7-9H2;1,4-6,8-9H. The van der Waals surface area contributed by atoms with Crippen LogP contribution in [0.4, 0.5) is 0 Å². The largest absolute Gasteiger partial charge is 0.375 e. The Hall–Kier alpha value is -18.3. The van der Waals surface area contributed by atoms with Crippen molar-refractivity contribution in [2.45, 2.75) is 30.5 Å². The molecule has 11 rings (SSSR count). The molecule has 3 heterocycles. The summed E-state index contributed by atoms with van der Waals surface area (Å²) in [5, 5.41) is 4.73. The van der Waals surface area contributed by atoms with Crippen molar-refractivity contribution in [2.24, 2.45) is 0 Å². The minimum absolute atomic E-state index is 0.147. The third-order valence-electron chi connectivity index (χ3n) is 13.5. The first-order chi connectivity index (χ1) is 58.1. The maximum absolute atomic E-state index is 5.32. The summed E-state index contributed by atoms with van der Waals surface area (Å²) in [6.07, 6.45) is 63.8. The summed E-state index contributed by atoms with van der Waals surface area (Å²) in [5.74, 6) is 108. The molecule has 8 aromatic carbocycles. The van der Waals surface area contributed by atoms with Gasteiger partial charge in [0.1, 0.15) is 30.5 Å². The molecule has 5 unspecified atom stereocenters. The predicted molar refractivity (Wildman–Crippen MR) is 477 cm³/mol. The molecule has 118 heavy (non-hydrogen) atoms. The minimum Gasteiger partial charge on any atom is -0.375 e. The lowest BCUT2D eigenvalue weighted by Crippen LogP contribution is -2.33. The number of hydrogen-bond donors (Lipinski definition) is 0. The molecule has 6 heteroatoms. The zero-order valence-corrected chi connectivity index (χ0v) is 63.8. The number of rotatable bonds is 0. The molecule has 3 aliphatic heterocycles. The highest BCUT2D eigenvalue weighted by Gasteiger charge is 2.19. The van der Waals surface area contributed by atoms with Crippen molar-refractivity contribution in [2.75, 3.05) is 46.2 Å². The van der Waals surface area contributed by atoms with Crippen LogP contribution in [0.25, 0.3) is 21.5 Å². The fourth-order valence-corrected chi connectivity index (χ4v) is 8.35. The van der Waals surface area contributed by atoms with Crippen molar-refractivity contribution in [1.29, 1.82) is 0 Å². The lowest BCUT2D eigenvalue weighted by atomic mass is 10.1. The van der Waals surface area contributed by atoms with Gasteiger partial charge in [0.25, 0.3) is 0 Å². The summed E-state index contributed by atoms with van der Waals surface area (Å²) in [6, 6.07) is 62.5. The van der Waals surface area contributed by atoms with Crippen LogP contribution < -0.4 is 0 Å². The molecule has 0 N–H and O–H groups in total. The highest BCUT2D eigenvalue weighted by molar-refractivity contribution is 5.88. The van der Waals surface area contributed by atoms with E-state index in [1.807, 2.05) is 164 Å². The van der Waals surface area contributed by atoms with Gasteiger partial charge in [0.15, 0.2) is 0 Å². The maximum atomic E-state index is 5.32. The predicted octanol–water partition coefficient (Wildman–Crippen LogP) is 12.4. The Labute approximate surface area is 699 Å². The van der Waals surface area contributed by atoms with Crippen LogP contribution in [-0.4, -0.2) is 76.8 Å². The third kappa shape index (κ3) is 44.9. The summed E-state index contributed by atoms with van der Waals surface area (Å²) in [5.41, 5.74) is 7.31. The Morgan fingerprint density at radius 3 is 0.958 bits per heavy atom. The van der Waals surface area contributed by atoms with Crippen molar-refractivity contribution in [3.63, 3.8) is 0 Å². The average molecular weight is 1510 g/mol. The monoisotopic (exact) mass is 1500 g/mol. The second kappa shape index (κ2) is 64.7.